The summed E-state index contributed by atoms with van der Waals surface area (Å²) < 4.78 is 54.4. The van der Waals surface area contributed by atoms with Crippen molar-refractivity contribution in [2.45, 2.75) is 36.0 Å². The molecule has 0 aromatic heterocycles. The molecule has 7 heteroatoms. The molecule has 102 valence electrons. The van der Waals surface area contributed by atoms with Crippen LogP contribution in [0.15, 0.2) is 28.0 Å². The van der Waals surface area contributed by atoms with E-state index in [0.717, 1.165) is 12.3 Å². The summed E-state index contributed by atoms with van der Waals surface area (Å²) in [6, 6.07) is 3.66. The third-order valence-corrected chi connectivity index (χ3v) is 4.40. The van der Waals surface area contributed by atoms with Gasteiger partial charge in [-0.1, -0.05) is 20.8 Å². The Bertz CT molecular complexity index is 614. The largest absolute Gasteiger partial charge is 0.294 e. The second-order valence-electron chi connectivity index (χ2n) is 5.19. The Balaban J connectivity index is 3.70. The van der Waals surface area contributed by atoms with Crippen LogP contribution in [0, 0.1) is 0 Å². The molecule has 0 radical (unpaired) electrons. The predicted molar refractivity (Wildman–Crippen MR) is 68.1 cm³/mol. The van der Waals surface area contributed by atoms with Crippen LogP contribution < -0.4 is 0 Å². The van der Waals surface area contributed by atoms with Gasteiger partial charge in [0.2, 0.25) is 0 Å². The molecule has 0 aliphatic carbocycles. The average Bonchev–Trinajstić information content (AvgIpc) is 2.13. The van der Waals surface area contributed by atoms with Crippen LogP contribution in [0.3, 0.4) is 0 Å². The highest BCUT2D eigenvalue weighted by Gasteiger charge is 2.22. The lowest BCUT2D eigenvalue weighted by Crippen LogP contribution is -2.14. The minimum atomic E-state index is -4.43. The zero-order chi connectivity index (χ0) is 14.4. The number of rotatable bonds is 2. The maximum atomic E-state index is 11.5. The van der Waals surface area contributed by atoms with Crippen molar-refractivity contribution in [3.63, 3.8) is 0 Å². The molecule has 1 N–H and O–H groups in total. The average molecular weight is 292 g/mol. The summed E-state index contributed by atoms with van der Waals surface area (Å²) in [4.78, 5) is -0.530. The smallest absolute Gasteiger partial charge is 0.282 e. The lowest BCUT2D eigenvalue weighted by molar-refractivity contribution is 0.482. The van der Waals surface area contributed by atoms with Gasteiger partial charge < -0.3 is 0 Å². The lowest BCUT2D eigenvalue weighted by atomic mass is 9.87. The summed E-state index contributed by atoms with van der Waals surface area (Å²) in [5.41, 5.74) is 0.0956. The van der Waals surface area contributed by atoms with E-state index in [1.165, 1.54) is 12.1 Å². The van der Waals surface area contributed by atoms with Crippen LogP contribution >= 0.6 is 0 Å². The van der Waals surface area contributed by atoms with Crippen molar-refractivity contribution < 1.29 is 21.4 Å². The number of benzene rings is 1. The van der Waals surface area contributed by atoms with Gasteiger partial charge >= 0.3 is 0 Å². The Morgan fingerprint density at radius 2 is 1.39 bits per heavy atom. The van der Waals surface area contributed by atoms with Crippen LogP contribution in [0.1, 0.15) is 26.3 Å². The zero-order valence-electron chi connectivity index (χ0n) is 10.6. The van der Waals surface area contributed by atoms with E-state index in [-0.39, 0.29) is 4.90 Å². The molecule has 0 heterocycles. The molecule has 18 heavy (non-hydrogen) atoms. The third kappa shape index (κ3) is 3.54. The maximum Gasteiger partial charge on any atom is 0.294 e. The summed E-state index contributed by atoms with van der Waals surface area (Å²) in [5, 5.41) is 0. The first kappa shape index (κ1) is 15.1. The van der Waals surface area contributed by atoms with Gasteiger partial charge in [-0.25, -0.2) is 8.42 Å². The number of sulfone groups is 1. The zero-order valence-corrected chi connectivity index (χ0v) is 12.3. The molecule has 0 saturated heterocycles. The molecule has 0 atom stereocenters. The van der Waals surface area contributed by atoms with E-state index in [9.17, 15) is 16.8 Å². The Morgan fingerprint density at radius 1 is 0.944 bits per heavy atom. The van der Waals surface area contributed by atoms with E-state index >= 15 is 0 Å². The first-order valence-electron chi connectivity index (χ1n) is 5.15. The normalized spacial score (nSPS) is 13.6. The minimum absolute atomic E-state index is 0.123. The van der Waals surface area contributed by atoms with Gasteiger partial charge in [0.05, 0.1) is 9.79 Å². The molecule has 0 spiro atoms. The molecule has 0 saturated carbocycles. The van der Waals surface area contributed by atoms with E-state index in [4.69, 9.17) is 4.55 Å². The highest BCUT2D eigenvalue weighted by Crippen LogP contribution is 2.28. The van der Waals surface area contributed by atoms with E-state index in [1.54, 1.807) is 0 Å². The first-order chi connectivity index (χ1) is 7.82. The molecule has 0 aliphatic heterocycles. The molecule has 0 amide bonds. The topological polar surface area (TPSA) is 88.5 Å². The van der Waals surface area contributed by atoms with Crippen molar-refractivity contribution in [3.05, 3.63) is 23.8 Å². The summed E-state index contributed by atoms with van der Waals surface area (Å²) in [6.07, 6.45) is 0.989. The van der Waals surface area contributed by atoms with Crippen LogP contribution in [0.2, 0.25) is 0 Å². The molecular formula is C11H16O5S2. The monoisotopic (exact) mass is 292 g/mol. The quantitative estimate of drug-likeness (QED) is 0.837. The summed E-state index contributed by atoms with van der Waals surface area (Å²) >= 11 is 0. The van der Waals surface area contributed by atoms with Gasteiger partial charge in [0, 0.05) is 6.26 Å². The van der Waals surface area contributed by atoms with Crippen LogP contribution in [0.25, 0.3) is 0 Å². The second-order valence-corrected chi connectivity index (χ2v) is 8.63. The third-order valence-electron chi connectivity index (χ3n) is 2.47. The fourth-order valence-corrected chi connectivity index (χ4v) is 2.68. The van der Waals surface area contributed by atoms with Crippen molar-refractivity contribution in [1.82, 2.24) is 0 Å². The van der Waals surface area contributed by atoms with E-state index in [2.05, 4.69) is 0 Å². The van der Waals surface area contributed by atoms with Crippen molar-refractivity contribution >= 4 is 20.0 Å². The van der Waals surface area contributed by atoms with Crippen LogP contribution in [-0.4, -0.2) is 27.6 Å². The SMILES string of the molecule is CC(C)(C)c1cc(S(C)(=O)=O)cc(S(=O)(=O)O)c1. The minimum Gasteiger partial charge on any atom is -0.282 e. The van der Waals surface area contributed by atoms with E-state index < -0.39 is 30.3 Å². The van der Waals surface area contributed by atoms with Gasteiger partial charge in [-0.05, 0) is 29.2 Å². The molecule has 0 aliphatic rings. The maximum absolute atomic E-state index is 11.5. The van der Waals surface area contributed by atoms with Gasteiger partial charge in [0.1, 0.15) is 0 Å². The van der Waals surface area contributed by atoms with Crippen molar-refractivity contribution in [2.75, 3.05) is 6.26 Å². The summed E-state index contributed by atoms with van der Waals surface area (Å²) in [6.45, 7) is 5.46. The fourth-order valence-electron chi connectivity index (χ4n) is 1.37. The molecule has 0 fully saturated rings. The summed E-state index contributed by atoms with van der Waals surface area (Å²) in [7, 11) is -7.98. The lowest BCUT2D eigenvalue weighted by Gasteiger charge is -2.20. The molecule has 1 aromatic rings. The Hall–Kier alpha value is -0.920. The molecule has 1 aromatic carbocycles. The van der Waals surface area contributed by atoms with Gasteiger partial charge in [-0.15, -0.1) is 0 Å². The van der Waals surface area contributed by atoms with Crippen molar-refractivity contribution in [3.8, 4) is 0 Å². The summed E-state index contributed by atoms with van der Waals surface area (Å²) in [5.74, 6) is 0. The van der Waals surface area contributed by atoms with Gasteiger partial charge in [0.25, 0.3) is 10.1 Å². The van der Waals surface area contributed by atoms with E-state index in [0.29, 0.717) is 5.56 Å². The fraction of sp³-hybridized carbons (Fsp3) is 0.455. The van der Waals surface area contributed by atoms with Crippen LogP contribution in [-0.2, 0) is 25.4 Å². The second kappa shape index (κ2) is 4.32. The molecule has 0 bridgehead atoms. The van der Waals surface area contributed by atoms with E-state index in [1.807, 2.05) is 20.8 Å². The van der Waals surface area contributed by atoms with Gasteiger partial charge in [0.15, 0.2) is 9.84 Å². The highest BCUT2D eigenvalue weighted by atomic mass is 32.2. The molecule has 0 unspecified atom stereocenters. The van der Waals surface area contributed by atoms with Crippen molar-refractivity contribution in [2.24, 2.45) is 0 Å². The van der Waals surface area contributed by atoms with Crippen molar-refractivity contribution in [1.29, 1.82) is 0 Å². The Labute approximate surface area is 108 Å². The van der Waals surface area contributed by atoms with Crippen LogP contribution in [0.5, 0.6) is 0 Å². The predicted octanol–water partition coefficient (Wildman–Crippen LogP) is 1.63. The standard InChI is InChI=1S/C11H16O5S2/c1-11(2,3)8-5-9(17(4,12)13)7-10(6-8)18(14,15)16/h5-7H,1-4H3,(H,14,15,16). The van der Waals surface area contributed by atoms with Gasteiger partial charge in [-0.3, -0.25) is 4.55 Å². The molecule has 5 nitrogen and oxygen atoms in total. The number of hydrogen-bond acceptors (Lipinski definition) is 4. The van der Waals surface area contributed by atoms with Gasteiger partial charge in [-0.2, -0.15) is 8.42 Å². The first-order valence-corrected chi connectivity index (χ1v) is 8.48. The molecular weight excluding hydrogens is 276 g/mol. The van der Waals surface area contributed by atoms with Crippen LogP contribution in [0.4, 0.5) is 0 Å². The molecule has 1 rings (SSSR count). The Kier molecular flexibility index (Phi) is 3.64. The Morgan fingerprint density at radius 3 is 1.72 bits per heavy atom. The highest BCUT2D eigenvalue weighted by molar-refractivity contribution is 7.90. The number of hydrogen-bond donors (Lipinski definition) is 1.